The molecule has 0 saturated heterocycles. The average molecular weight is 518 g/mol. The molecule has 0 aliphatic carbocycles. The number of nitrogens with zero attached hydrogens (tertiary/aromatic N) is 2. The van der Waals surface area contributed by atoms with Gasteiger partial charge in [-0.05, 0) is 25.0 Å². The Bertz CT molecular complexity index is 1290. The van der Waals surface area contributed by atoms with Gasteiger partial charge < -0.3 is 17.3 Å². The molecule has 1 heterocycles. The van der Waals surface area contributed by atoms with Crippen molar-refractivity contribution in [2.24, 2.45) is 0 Å². The van der Waals surface area contributed by atoms with Gasteiger partial charge in [-0.1, -0.05) is 121 Å². The summed E-state index contributed by atoms with van der Waals surface area (Å²) in [5, 5.41) is 0. The zero-order valence-corrected chi connectivity index (χ0v) is 21.4. The number of hydrogen-bond acceptors (Lipinski definition) is 1. The van der Waals surface area contributed by atoms with Crippen LogP contribution in [0.1, 0.15) is 60.3 Å². The van der Waals surface area contributed by atoms with Crippen LogP contribution in [0.4, 0.5) is 17.3 Å². The Balaban J connectivity index is 0.000000617. The van der Waals surface area contributed by atoms with Crippen molar-refractivity contribution >= 4 is 13.6 Å². The highest BCUT2D eigenvalue weighted by molar-refractivity contribution is 6.50. The third-order valence-electron chi connectivity index (χ3n) is 6.95. The summed E-state index contributed by atoms with van der Waals surface area (Å²) in [7, 11) is -6.00. The van der Waals surface area contributed by atoms with Crippen LogP contribution in [0.2, 0.25) is 0 Å². The summed E-state index contributed by atoms with van der Waals surface area (Å²) in [6.07, 6.45) is 2.38. The number of halogens is 4. The Kier molecular flexibility index (Phi) is 8.67. The van der Waals surface area contributed by atoms with E-state index < -0.39 is 7.25 Å². The van der Waals surface area contributed by atoms with Crippen LogP contribution in [-0.2, 0) is 0 Å². The molecule has 7 heteroatoms. The number of benzene rings is 4. The molecule has 0 radical (unpaired) electrons. The molecule has 4 aromatic rings. The smallest absolute Gasteiger partial charge is 0.418 e. The van der Waals surface area contributed by atoms with Crippen LogP contribution in [-0.4, -0.2) is 23.1 Å². The zero-order valence-electron chi connectivity index (χ0n) is 21.4. The van der Waals surface area contributed by atoms with Gasteiger partial charge in [0.15, 0.2) is 12.1 Å². The molecule has 0 unspecified atom stereocenters. The third kappa shape index (κ3) is 6.71. The van der Waals surface area contributed by atoms with Crippen LogP contribution in [0.15, 0.2) is 121 Å². The SMILES string of the molecule is C[C@H](c1ccccc1)N1C=[N+]([C@H](C)c2ccccc2)[C@@H](c2ccccc2)[C@@H]1c1ccccc1.F[B-](F)(F)F. The Morgan fingerprint density at radius 1 is 0.605 bits per heavy atom. The normalized spacial score (nSPS) is 18.7. The van der Waals surface area contributed by atoms with Crippen molar-refractivity contribution in [1.82, 2.24) is 4.90 Å². The predicted octanol–water partition coefficient (Wildman–Crippen LogP) is 8.65. The fourth-order valence-corrected chi connectivity index (χ4v) is 5.12. The molecule has 0 spiro atoms. The first-order valence-electron chi connectivity index (χ1n) is 12.7. The van der Waals surface area contributed by atoms with E-state index in [1.807, 2.05) is 0 Å². The highest BCUT2D eigenvalue weighted by Crippen LogP contribution is 2.46. The lowest BCUT2D eigenvalue weighted by Gasteiger charge is -2.29. The maximum atomic E-state index is 9.75. The fraction of sp³-hybridized carbons (Fsp3) is 0.194. The van der Waals surface area contributed by atoms with Gasteiger partial charge >= 0.3 is 7.25 Å². The standard InChI is InChI=1S/C31H31N2.BF4/c1-24(26-15-7-3-8-16-26)32-23-33(25(2)27-17-9-4-10-18-27)31(29-21-13-6-14-22-29)30(32)28-19-11-5-12-20-28;2-1(3,4)5/h3-25,30-31H,1-2H3;/q+1;-1/t24-,25-,30+,31+;/m1./s1. The zero-order chi connectivity index (χ0) is 27.1. The van der Waals surface area contributed by atoms with Crippen molar-refractivity contribution < 1.29 is 21.8 Å². The molecule has 0 N–H and O–H groups in total. The van der Waals surface area contributed by atoms with Crippen LogP contribution in [0.5, 0.6) is 0 Å². The Hall–Kier alpha value is -3.87. The molecule has 1 aliphatic heterocycles. The second-order valence-electron chi connectivity index (χ2n) is 9.39. The van der Waals surface area contributed by atoms with Gasteiger partial charge in [0.2, 0.25) is 6.34 Å². The summed E-state index contributed by atoms with van der Waals surface area (Å²) >= 11 is 0. The summed E-state index contributed by atoms with van der Waals surface area (Å²) in [6.45, 7) is 4.64. The summed E-state index contributed by atoms with van der Waals surface area (Å²) in [6, 6.07) is 44.5. The lowest BCUT2D eigenvalue weighted by Crippen LogP contribution is -2.29. The minimum absolute atomic E-state index is 0.204. The first-order chi connectivity index (χ1) is 18.2. The maximum Gasteiger partial charge on any atom is 0.673 e. The average Bonchev–Trinajstić information content (AvgIpc) is 3.34. The van der Waals surface area contributed by atoms with Crippen LogP contribution in [0.25, 0.3) is 0 Å². The van der Waals surface area contributed by atoms with Gasteiger partial charge in [0.25, 0.3) is 0 Å². The number of hydrogen-bond donors (Lipinski definition) is 0. The molecule has 5 rings (SSSR count). The van der Waals surface area contributed by atoms with E-state index in [1.165, 1.54) is 22.3 Å². The summed E-state index contributed by atoms with van der Waals surface area (Å²) < 4.78 is 41.6. The Morgan fingerprint density at radius 3 is 1.47 bits per heavy atom. The Morgan fingerprint density at radius 2 is 1.00 bits per heavy atom. The molecule has 2 nitrogen and oxygen atoms in total. The molecule has 4 atom stereocenters. The van der Waals surface area contributed by atoms with Gasteiger partial charge in [-0.15, -0.1) is 0 Å². The molecular weight excluding hydrogens is 487 g/mol. The van der Waals surface area contributed by atoms with Crippen molar-refractivity contribution in [3.05, 3.63) is 144 Å². The van der Waals surface area contributed by atoms with Crippen molar-refractivity contribution in [2.75, 3.05) is 0 Å². The second-order valence-corrected chi connectivity index (χ2v) is 9.39. The molecule has 0 fully saturated rings. The first-order valence-corrected chi connectivity index (χ1v) is 12.7. The van der Waals surface area contributed by atoms with Crippen molar-refractivity contribution in [3.63, 3.8) is 0 Å². The monoisotopic (exact) mass is 518 g/mol. The molecule has 0 aromatic heterocycles. The third-order valence-corrected chi connectivity index (χ3v) is 6.95. The molecular formula is C31H31BF4N2. The van der Waals surface area contributed by atoms with Crippen molar-refractivity contribution in [2.45, 2.75) is 38.0 Å². The highest BCUT2D eigenvalue weighted by Gasteiger charge is 2.47. The van der Waals surface area contributed by atoms with Gasteiger partial charge in [0.05, 0.1) is 0 Å². The van der Waals surface area contributed by atoms with Crippen molar-refractivity contribution in [1.29, 1.82) is 0 Å². The van der Waals surface area contributed by atoms with E-state index in [4.69, 9.17) is 0 Å². The minimum atomic E-state index is -6.00. The topological polar surface area (TPSA) is 6.25 Å². The van der Waals surface area contributed by atoms with Crippen molar-refractivity contribution in [3.8, 4) is 0 Å². The first kappa shape index (κ1) is 27.2. The predicted molar refractivity (Wildman–Crippen MR) is 146 cm³/mol. The molecule has 4 aromatic carbocycles. The second kappa shape index (κ2) is 12.1. The number of rotatable bonds is 6. The van der Waals surface area contributed by atoms with Crippen LogP contribution < -0.4 is 0 Å². The molecule has 0 saturated carbocycles. The van der Waals surface area contributed by atoms with Crippen LogP contribution >= 0.6 is 0 Å². The summed E-state index contributed by atoms with van der Waals surface area (Å²) in [5.41, 5.74) is 5.34. The van der Waals surface area contributed by atoms with Gasteiger partial charge in [-0.2, -0.15) is 0 Å². The van der Waals surface area contributed by atoms with E-state index in [9.17, 15) is 17.3 Å². The van der Waals surface area contributed by atoms with E-state index in [0.717, 1.165) is 0 Å². The lowest BCUT2D eigenvalue weighted by molar-refractivity contribution is -0.602. The van der Waals surface area contributed by atoms with E-state index >= 15 is 0 Å². The van der Waals surface area contributed by atoms with E-state index in [1.54, 1.807) is 0 Å². The molecule has 0 amide bonds. The fourth-order valence-electron chi connectivity index (χ4n) is 5.12. The summed E-state index contributed by atoms with van der Waals surface area (Å²) in [5.74, 6) is 0. The molecule has 196 valence electrons. The van der Waals surface area contributed by atoms with E-state index in [0.29, 0.717) is 0 Å². The van der Waals surface area contributed by atoms with Gasteiger partial charge in [0.1, 0.15) is 12.1 Å². The molecule has 1 aliphatic rings. The van der Waals surface area contributed by atoms with Gasteiger partial charge in [-0.25, -0.2) is 0 Å². The van der Waals surface area contributed by atoms with Crippen LogP contribution in [0, 0.1) is 0 Å². The van der Waals surface area contributed by atoms with Gasteiger partial charge in [-0.3, -0.25) is 9.48 Å². The van der Waals surface area contributed by atoms with Crippen LogP contribution in [0.3, 0.4) is 0 Å². The molecule has 0 bridgehead atoms. The quantitative estimate of drug-likeness (QED) is 0.141. The van der Waals surface area contributed by atoms with E-state index in [-0.39, 0.29) is 24.2 Å². The summed E-state index contributed by atoms with van der Waals surface area (Å²) in [4.78, 5) is 2.56. The largest absolute Gasteiger partial charge is 0.673 e. The highest BCUT2D eigenvalue weighted by atomic mass is 19.5. The lowest BCUT2D eigenvalue weighted by atomic mass is 9.90. The Labute approximate surface area is 222 Å². The van der Waals surface area contributed by atoms with E-state index in [2.05, 4.69) is 151 Å². The van der Waals surface area contributed by atoms with Gasteiger partial charge in [0, 0.05) is 11.1 Å². The maximum absolute atomic E-state index is 9.75. The molecule has 38 heavy (non-hydrogen) atoms. The minimum Gasteiger partial charge on any atom is -0.418 e.